The molecule has 0 bridgehead atoms. The van der Waals surface area contributed by atoms with Crippen molar-refractivity contribution in [2.75, 3.05) is 5.75 Å². The number of fused-ring (bicyclic) bond motifs is 1. The summed E-state index contributed by atoms with van der Waals surface area (Å²) in [5.74, 6) is 0.644. The van der Waals surface area contributed by atoms with Crippen molar-refractivity contribution in [1.82, 2.24) is 24.4 Å². The van der Waals surface area contributed by atoms with Crippen LogP contribution in [0.1, 0.15) is 71.5 Å². The topological polar surface area (TPSA) is 98.9 Å². The second-order valence-corrected chi connectivity index (χ2v) is 10.4. The van der Waals surface area contributed by atoms with E-state index in [1.165, 1.54) is 42.6 Å². The monoisotopic (exact) mass is 447 g/mol. The van der Waals surface area contributed by atoms with Crippen LogP contribution in [0, 0.1) is 0 Å². The summed E-state index contributed by atoms with van der Waals surface area (Å²) in [4.78, 5) is 47.1. The largest absolute Gasteiger partial charge is 0.353 e. The van der Waals surface area contributed by atoms with Crippen LogP contribution in [0.5, 0.6) is 0 Å². The van der Waals surface area contributed by atoms with Crippen LogP contribution in [-0.2, 0) is 24.3 Å². The summed E-state index contributed by atoms with van der Waals surface area (Å²) in [5.41, 5.74) is -0.951. The lowest BCUT2D eigenvalue weighted by molar-refractivity contribution is -0.119. The average molecular weight is 448 g/mol. The summed E-state index contributed by atoms with van der Waals surface area (Å²) in [6.45, 7) is 5.93. The van der Waals surface area contributed by atoms with Crippen molar-refractivity contribution in [2.24, 2.45) is 14.1 Å². The number of carbonyl (C=O) groups is 1. The number of nitrogens with zero attached hydrogens (tertiary/aromatic N) is 4. The first-order chi connectivity index (χ1) is 14.6. The molecule has 170 valence electrons. The maximum Gasteiger partial charge on any atom is 0.332 e. The van der Waals surface area contributed by atoms with Crippen LogP contribution >= 0.6 is 11.8 Å². The summed E-state index contributed by atoms with van der Waals surface area (Å²) in [6.07, 6.45) is 8.07. The summed E-state index contributed by atoms with van der Waals surface area (Å²) < 4.78 is 2.42. The van der Waals surface area contributed by atoms with E-state index in [9.17, 15) is 14.4 Å². The third kappa shape index (κ3) is 5.37. The van der Waals surface area contributed by atoms with Crippen molar-refractivity contribution in [3.8, 4) is 0 Å². The Labute approximate surface area is 186 Å². The maximum atomic E-state index is 12.9. The number of aryl methyl sites for hydroxylation is 1. The number of thioether (sulfide) groups is 1. The van der Waals surface area contributed by atoms with Crippen LogP contribution in [0.2, 0.25) is 0 Å². The predicted octanol–water partition coefficient (Wildman–Crippen LogP) is 2.65. The molecule has 9 heteroatoms. The number of aromatic nitrogens is 4. The van der Waals surface area contributed by atoms with E-state index in [0.29, 0.717) is 16.5 Å². The smallest absolute Gasteiger partial charge is 0.332 e. The van der Waals surface area contributed by atoms with Crippen molar-refractivity contribution >= 4 is 28.7 Å². The van der Waals surface area contributed by atoms with Crippen LogP contribution in [0.15, 0.2) is 14.6 Å². The summed E-state index contributed by atoms with van der Waals surface area (Å²) in [5, 5.41) is 3.88. The van der Waals surface area contributed by atoms with E-state index in [1.54, 1.807) is 7.05 Å². The van der Waals surface area contributed by atoms with Gasteiger partial charge in [-0.1, -0.05) is 64.6 Å². The molecule has 0 radical (unpaired) electrons. The number of hydrogen-bond acceptors (Lipinski definition) is 6. The molecular weight excluding hydrogens is 414 g/mol. The molecule has 31 heavy (non-hydrogen) atoms. The highest BCUT2D eigenvalue weighted by Gasteiger charge is 2.24. The van der Waals surface area contributed by atoms with E-state index in [4.69, 9.17) is 0 Å². The Morgan fingerprint density at radius 2 is 1.65 bits per heavy atom. The minimum Gasteiger partial charge on any atom is -0.353 e. The van der Waals surface area contributed by atoms with Gasteiger partial charge >= 0.3 is 5.69 Å². The molecule has 0 atom stereocenters. The van der Waals surface area contributed by atoms with Crippen molar-refractivity contribution < 1.29 is 4.79 Å². The SMILES string of the molecule is Cn1c(=O)c2c(SCC(=O)NC3CCCCCCC3)nc(C(C)(C)C)nc2n(C)c1=O. The first kappa shape index (κ1) is 23.5. The molecule has 1 fully saturated rings. The zero-order valence-electron chi connectivity index (χ0n) is 19.2. The third-order valence-corrected chi connectivity index (χ3v) is 6.72. The van der Waals surface area contributed by atoms with Crippen LogP contribution in [0.4, 0.5) is 0 Å². The molecule has 0 aliphatic heterocycles. The molecule has 2 aromatic rings. The zero-order chi connectivity index (χ0) is 22.8. The van der Waals surface area contributed by atoms with Gasteiger partial charge in [-0.15, -0.1) is 0 Å². The number of nitrogens with one attached hydrogen (secondary N) is 1. The fourth-order valence-electron chi connectivity index (χ4n) is 3.87. The summed E-state index contributed by atoms with van der Waals surface area (Å²) in [6, 6.07) is 0.217. The Bertz CT molecular complexity index is 1080. The van der Waals surface area contributed by atoms with Crippen LogP contribution in [-0.4, -0.2) is 36.8 Å². The number of hydrogen-bond donors (Lipinski definition) is 1. The lowest BCUT2D eigenvalue weighted by Gasteiger charge is -2.21. The van der Waals surface area contributed by atoms with Crippen molar-refractivity contribution in [2.45, 2.75) is 82.2 Å². The van der Waals surface area contributed by atoms with Gasteiger partial charge < -0.3 is 5.32 Å². The number of amides is 1. The van der Waals surface area contributed by atoms with Crippen LogP contribution in [0.3, 0.4) is 0 Å². The van der Waals surface area contributed by atoms with E-state index in [2.05, 4.69) is 15.3 Å². The predicted molar refractivity (Wildman–Crippen MR) is 124 cm³/mol. The van der Waals surface area contributed by atoms with Gasteiger partial charge in [-0.05, 0) is 12.8 Å². The fraction of sp³-hybridized carbons (Fsp3) is 0.682. The van der Waals surface area contributed by atoms with E-state index in [0.717, 1.165) is 30.3 Å². The molecule has 1 amide bonds. The summed E-state index contributed by atoms with van der Waals surface area (Å²) in [7, 11) is 3.04. The molecule has 8 nitrogen and oxygen atoms in total. The van der Waals surface area contributed by atoms with Gasteiger partial charge in [0.2, 0.25) is 5.91 Å². The van der Waals surface area contributed by atoms with Crippen LogP contribution in [0.25, 0.3) is 11.0 Å². The number of rotatable bonds is 4. The molecule has 1 aliphatic rings. The Morgan fingerprint density at radius 3 is 2.26 bits per heavy atom. The molecule has 2 heterocycles. The molecule has 2 aromatic heterocycles. The molecular formula is C22H33N5O3S. The normalized spacial score (nSPS) is 16.2. The standard InChI is InChI=1S/C22H33N5O3S/c1-22(2,3)20-24-17-16(19(29)27(5)21(30)26(17)4)18(25-20)31-13-15(28)23-14-11-9-7-6-8-10-12-14/h14H,6-13H2,1-5H3,(H,23,28). The highest BCUT2D eigenvalue weighted by Crippen LogP contribution is 2.27. The van der Waals surface area contributed by atoms with Gasteiger partial charge in [0.1, 0.15) is 16.2 Å². The molecule has 3 rings (SSSR count). The molecule has 0 unspecified atom stereocenters. The first-order valence-corrected chi connectivity index (χ1v) is 12.0. The van der Waals surface area contributed by atoms with E-state index < -0.39 is 11.2 Å². The van der Waals surface area contributed by atoms with Crippen LogP contribution < -0.4 is 16.6 Å². The van der Waals surface area contributed by atoms with Gasteiger partial charge in [-0.3, -0.25) is 18.7 Å². The molecule has 1 aliphatic carbocycles. The average Bonchev–Trinajstić information content (AvgIpc) is 2.69. The van der Waals surface area contributed by atoms with Gasteiger partial charge in [-0.25, -0.2) is 14.8 Å². The molecule has 0 saturated heterocycles. The highest BCUT2D eigenvalue weighted by molar-refractivity contribution is 8.00. The molecule has 0 aromatic carbocycles. The van der Waals surface area contributed by atoms with Gasteiger partial charge in [0, 0.05) is 25.6 Å². The van der Waals surface area contributed by atoms with Crippen molar-refractivity contribution in [3.63, 3.8) is 0 Å². The van der Waals surface area contributed by atoms with E-state index in [-0.39, 0.29) is 28.5 Å². The molecule has 1 saturated carbocycles. The lowest BCUT2D eigenvalue weighted by Crippen LogP contribution is -2.38. The molecule has 1 N–H and O–H groups in total. The van der Waals surface area contributed by atoms with E-state index in [1.807, 2.05) is 20.8 Å². The molecule has 0 spiro atoms. The van der Waals surface area contributed by atoms with Gasteiger partial charge in [0.05, 0.1) is 5.75 Å². The van der Waals surface area contributed by atoms with Gasteiger partial charge in [0.25, 0.3) is 5.56 Å². The Kier molecular flexibility index (Phi) is 7.24. The second-order valence-electron chi connectivity index (χ2n) is 9.40. The third-order valence-electron chi connectivity index (χ3n) is 5.75. The van der Waals surface area contributed by atoms with Gasteiger partial charge in [-0.2, -0.15) is 0 Å². The minimum atomic E-state index is -0.443. The van der Waals surface area contributed by atoms with Crippen molar-refractivity contribution in [3.05, 3.63) is 26.7 Å². The Hall–Kier alpha value is -2.16. The second kappa shape index (κ2) is 9.54. The zero-order valence-corrected chi connectivity index (χ0v) is 20.0. The Balaban J connectivity index is 1.90. The number of carbonyl (C=O) groups excluding carboxylic acids is 1. The summed E-state index contributed by atoms with van der Waals surface area (Å²) >= 11 is 1.23. The lowest BCUT2D eigenvalue weighted by atomic mass is 9.96. The quantitative estimate of drug-likeness (QED) is 0.571. The Morgan fingerprint density at radius 1 is 1.03 bits per heavy atom. The fourth-order valence-corrected chi connectivity index (χ4v) is 4.70. The van der Waals surface area contributed by atoms with E-state index >= 15 is 0 Å². The highest BCUT2D eigenvalue weighted by atomic mass is 32.2. The first-order valence-electron chi connectivity index (χ1n) is 11.0. The van der Waals surface area contributed by atoms with Gasteiger partial charge in [0.15, 0.2) is 5.65 Å². The maximum absolute atomic E-state index is 12.9. The van der Waals surface area contributed by atoms with Crippen molar-refractivity contribution in [1.29, 1.82) is 0 Å². The minimum absolute atomic E-state index is 0.0544.